The van der Waals surface area contributed by atoms with E-state index in [-0.39, 0.29) is 18.8 Å². The van der Waals surface area contributed by atoms with Crippen LogP contribution >= 0.6 is 0 Å². The van der Waals surface area contributed by atoms with Gasteiger partial charge in [0.1, 0.15) is 6.10 Å². The predicted molar refractivity (Wildman–Crippen MR) is 98.6 cm³/mol. The summed E-state index contributed by atoms with van der Waals surface area (Å²) in [7, 11) is 1.51. The van der Waals surface area contributed by atoms with E-state index in [1.807, 2.05) is 0 Å². The number of likely N-dealkylation sites (N-methyl/N-ethyl adjacent to an activating group) is 1. The fraction of sp³-hybridized carbons (Fsp3) is 0.300. The molecule has 0 aromatic heterocycles. The number of aliphatic hydroxyl groups is 1. The van der Waals surface area contributed by atoms with Crippen LogP contribution in [0.1, 0.15) is 22.3 Å². The lowest BCUT2D eigenvalue weighted by atomic mass is 10.1. The van der Waals surface area contributed by atoms with Crippen molar-refractivity contribution in [2.24, 2.45) is 0 Å². The largest absolute Gasteiger partial charge is 0.417 e. The third kappa shape index (κ3) is 6.70. The SMILES string of the molecule is CN(Cc1ccc(C(F)(F)F)cc1)CC(O)C(=O)Nc1ccc(C#N)c(C(F)(F)F)c1. The van der Waals surface area contributed by atoms with Gasteiger partial charge < -0.3 is 10.4 Å². The summed E-state index contributed by atoms with van der Waals surface area (Å²) in [6.07, 6.45) is -10.9. The molecule has 2 N–H and O–H groups in total. The minimum Gasteiger partial charge on any atom is -0.382 e. The Kier molecular flexibility index (Phi) is 7.30. The molecule has 1 amide bonds. The quantitative estimate of drug-likeness (QED) is 0.659. The number of benzene rings is 2. The van der Waals surface area contributed by atoms with E-state index in [4.69, 9.17) is 5.26 Å². The number of nitrogens with one attached hydrogen (secondary N) is 1. The lowest BCUT2D eigenvalue weighted by Crippen LogP contribution is -2.37. The number of hydrogen-bond acceptors (Lipinski definition) is 4. The number of rotatable bonds is 6. The van der Waals surface area contributed by atoms with Gasteiger partial charge in [-0.2, -0.15) is 31.6 Å². The molecule has 0 radical (unpaired) electrons. The molecule has 0 heterocycles. The first kappa shape index (κ1) is 24.2. The number of amides is 1. The van der Waals surface area contributed by atoms with Crippen LogP contribution in [0.25, 0.3) is 0 Å². The summed E-state index contributed by atoms with van der Waals surface area (Å²) in [5.74, 6) is -0.975. The summed E-state index contributed by atoms with van der Waals surface area (Å²) in [5.41, 5.74) is -2.38. The fourth-order valence-electron chi connectivity index (χ4n) is 2.73. The number of nitrogens with zero attached hydrogens (tertiary/aromatic N) is 2. The maximum Gasteiger partial charge on any atom is 0.417 e. The van der Waals surface area contributed by atoms with Gasteiger partial charge in [0.2, 0.25) is 0 Å². The molecule has 0 fully saturated rings. The van der Waals surface area contributed by atoms with Gasteiger partial charge in [0, 0.05) is 18.8 Å². The Hall–Kier alpha value is -3.10. The Labute approximate surface area is 173 Å². The second-order valence-corrected chi connectivity index (χ2v) is 6.77. The standard InChI is InChI=1S/C20H17F6N3O2/c1-29(10-12-2-5-14(6-3-12)19(21,22)23)11-17(30)18(31)28-15-7-4-13(9-27)16(8-15)20(24,25)26/h2-8,17,30H,10-11H2,1H3,(H,28,31). The molecule has 0 aliphatic heterocycles. The molecule has 2 aromatic carbocycles. The van der Waals surface area contributed by atoms with Gasteiger partial charge in [-0.3, -0.25) is 9.69 Å². The Balaban J connectivity index is 1.99. The fourth-order valence-corrected chi connectivity index (χ4v) is 2.73. The van der Waals surface area contributed by atoms with Gasteiger partial charge in [-0.25, -0.2) is 0 Å². The molecular weight excluding hydrogens is 428 g/mol. The molecule has 166 valence electrons. The molecular formula is C20H17F6N3O2. The average Bonchev–Trinajstić information content (AvgIpc) is 2.66. The van der Waals surface area contributed by atoms with Crippen molar-refractivity contribution in [3.8, 4) is 6.07 Å². The number of nitriles is 1. The van der Waals surface area contributed by atoms with Gasteiger partial charge in [0.15, 0.2) is 0 Å². The van der Waals surface area contributed by atoms with Crippen molar-refractivity contribution in [1.82, 2.24) is 4.90 Å². The summed E-state index contributed by atoms with van der Waals surface area (Å²) < 4.78 is 76.8. The molecule has 0 bridgehead atoms. The Morgan fingerprint density at radius 1 is 1.10 bits per heavy atom. The highest BCUT2D eigenvalue weighted by Gasteiger charge is 2.34. The van der Waals surface area contributed by atoms with Crippen LogP contribution in [0.3, 0.4) is 0 Å². The highest BCUT2D eigenvalue weighted by atomic mass is 19.4. The number of halogens is 6. The Morgan fingerprint density at radius 3 is 2.23 bits per heavy atom. The van der Waals surface area contributed by atoms with Crippen molar-refractivity contribution >= 4 is 11.6 Å². The average molecular weight is 445 g/mol. The van der Waals surface area contributed by atoms with E-state index in [1.54, 1.807) is 0 Å². The van der Waals surface area contributed by atoms with E-state index in [2.05, 4.69) is 5.32 Å². The summed E-state index contributed by atoms with van der Waals surface area (Å²) in [6, 6.07) is 8.37. The van der Waals surface area contributed by atoms with Crippen LogP contribution in [-0.4, -0.2) is 35.6 Å². The third-order valence-electron chi connectivity index (χ3n) is 4.23. The zero-order valence-electron chi connectivity index (χ0n) is 16.1. The molecule has 31 heavy (non-hydrogen) atoms. The van der Waals surface area contributed by atoms with Crippen molar-refractivity contribution in [2.45, 2.75) is 25.0 Å². The summed E-state index contributed by atoms with van der Waals surface area (Å²) >= 11 is 0. The minimum absolute atomic E-state index is 0.123. The van der Waals surface area contributed by atoms with Gasteiger partial charge >= 0.3 is 12.4 Å². The molecule has 2 rings (SSSR count). The highest BCUT2D eigenvalue weighted by molar-refractivity contribution is 5.94. The van der Waals surface area contributed by atoms with Crippen LogP contribution < -0.4 is 5.32 Å². The molecule has 0 saturated carbocycles. The summed E-state index contributed by atoms with van der Waals surface area (Å²) in [6.45, 7) is -0.104. The number of carbonyl (C=O) groups is 1. The first-order valence-electron chi connectivity index (χ1n) is 8.76. The third-order valence-corrected chi connectivity index (χ3v) is 4.23. The molecule has 0 aliphatic carbocycles. The predicted octanol–water partition coefficient (Wildman–Crippen LogP) is 4.03. The molecule has 0 saturated heterocycles. The topological polar surface area (TPSA) is 76.4 Å². The smallest absolute Gasteiger partial charge is 0.382 e. The number of alkyl halides is 6. The van der Waals surface area contributed by atoms with E-state index in [1.165, 1.54) is 30.1 Å². The molecule has 0 aliphatic rings. The van der Waals surface area contributed by atoms with Crippen LogP contribution in [-0.2, 0) is 23.7 Å². The van der Waals surface area contributed by atoms with Gasteiger partial charge in [-0.15, -0.1) is 0 Å². The molecule has 11 heteroatoms. The van der Waals surface area contributed by atoms with Gasteiger partial charge in [0.05, 0.1) is 22.8 Å². The van der Waals surface area contributed by atoms with Gasteiger partial charge in [-0.1, -0.05) is 12.1 Å². The maximum absolute atomic E-state index is 13.0. The number of anilines is 1. The normalized spacial score (nSPS) is 13.0. The monoisotopic (exact) mass is 445 g/mol. The molecule has 1 unspecified atom stereocenters. The first-order chi connectivity index (χ1) is 14.3. The minimum atomic E-state index is -4.80. The summed E-state index contributed by atoms with van der Waals surface area (Å²) in [4.78, 5) is 13.6. The number of aliphatic hydroxyl groups excluding tert-OH is 1. The molecule has 2 aromatic rings. The lowest BCUT2D eigenvalue weighted by molar-refractivity contribution is -0.138. The zero-order valence-corrected chi connectivity index (χ0v) is 16.1. The Bertz CT molecular complexity index is 965. The summed E-state index contributed by atoms with van der Waals surface area (Å²) in [5, 5.41) is 21.0. The van der Waals surface area contributed by atoms with E-state index in [9.17, 15) is 36.2 Å². The van der Waals surface area contributed by atoms with Gasteiger partial charge in [0.25, 0.3) is 5.91 Å². The van der Waals surface area contributed by atoms with Crippen LogP contribution in [0, 0.1) is 11.3 Å². The number of hydrogen-bond donors (Lipinski definition) is 2. The van der Waals surface area contributed by atoms with Crippen LogP contribution in [0.4, 0.5) is 32.0 Å². The van der Waals surface area contributed by atoms with E-state index in [0.717, 1.165) is 24.3 Å². The van der Waals surface area contributed by atoms with Crippen molar-refractivity contribution in [3.63, 3.8) is 0 Å². The van der Waals surface area contributed by atoms with Crippen molar-refractivity contribution < 1.29 is 36.2 Å². The maximum atomic E-state index is 13.0. The first-order valence-corrected chi connectivity index (χ1v) is 8.76. The second-order valence-electron chi connectivity index (χ2n) is 6.77. The lowest BCUT2D eigenvalue weighted by Gasteiger charge is -2.21. The van der Waals surface area contributed by atoms with Gasteiger partial charge in [-0.05, 0) is 42.9 Å². The highest BCUT2D eigenvalue weighted by Crippen LogP contribution is 2.33. The number of carbonyl (C=O) groups excluding carboxylic acids is 1. The van der Waals surface area contributed by atoms with Crippen LogP contribution in [0.5, 0.6) is 0 Å². The molecule has 5 nitrogen and oxygen atoms in total. The Morgan fingerprint density at radius 2 is 1.71 bits per heavy atom. The van der Waals surface area contributed by atoms with Crippen LogP contribution in [0.15, 0.2) is 42.5 Å². The zero-order chi connectivity index (χ0) is 23.4. The van der Waals surface area contributed by atoms with E-state index in [0.29, 0.717) is 11.6 Å². The van der Waals surface area contributed by atoms with E-state index >= 15 is 0 Å². The second kappa shape index (κ2) is 9.36. The van der Waals surface area contributed by atoms with Crippen LogP contribution in [0.2, 0.25) is 0 Å². The van der Waals surface area contributed by atoms with Crippen molar-refractivity contribution in [3.05, 3.63) is 64.7 Å². The van der Waals surface area contributed by atoms with Crippen molar-refractivity contribution in [2.75, 3.05) is 18.9 Å². The van der Waals surface area contributed by atoms with E-state index < -0.39 is 41.1 Å². The van der Waals surface area contributed by atoms with Crippen molar-refractivity contribution in [1.29, 1.82) is 5.26 Å². The molecule has 0 spiro atoms. The molecule has 1 atom stereocenters.